The lowest BCUT2D eigenvalue weighted by molar-refractivity contribution is 0.168. The van der Waals surface area contributed by atoms with Gasteiger partial charge in [0.2, 0.25) is 5.88 Å². The number of hydrogen-bond acceptors (Lipinski definition) is 4. The van der Waals surface area contributed by atoms with Crippen molar-refractivity contribution in [1.82, 2.24) is 9.97 Å². The first-order chi connectivity index (χ1) is 8.11. The van der Waals surface area contributed by atoms with Gasteiger partial charge in [-0.25, -0.2) is 4.98 Å². The highest BCUT2D eigenvalue weighted by atomic mass is 127. The fraction of sp³-hybridized carbons (Fsp3) is 0.636. The molecule has 94 valence electrons. The zero-order chi connectivity index (χ0) is 12.3. The molecule has 0 radical (unpaired) electrons. The van der Waals surface area contributed by atoms with E-state index in [2.05, 4.69) is 9.97 Å². The van der Waals surface area contributed by atoms with Gasteiger partial charge in [-0.15, -0.1) is 0 Å². The second-order valence-corrected chi connectivity index (χ2v) is 5.64. The molecule has 1 saturated carbocycles. The van der Waals surface area contributed by atoms with Gasteiger partial charge in [-0.3, -0.25) is 4.79 Å². The number of aromatic amines is 1. The minimum Gasteiger partial charge on any atom is -0.475 e. The smallest absolute Gasteiger partial charge is 0.268 e. The summed E-state index contributed by atoms with van der Waals surface area (Å²) in [6.45, 7) is 0.430. The predicted molar refractivity (Wildman–Crippen MR) is 73.1 cm³/mol. The van der Waals surface area contributed by atoms with Crippen LogP contribution in [-0.2, 0) is 0 Å². The van der Waals surface area contributed by atoms with E-state index in [4.69, 9.17) is 10.5 Å². The molecule has 0 spiro atoms. The first-order valence-corrected chi connectivity index (χ1v) is 6.83. The Kier molecular flexibility index (Phi) is 4.03. The van der Waals surface area contributed by atoms with E-state index in [1.807, 2.05) is 22.6 Å². The van der Waals surface area contributed by atoms with Crippen LogP contribution in [0, 0.1) is 3.57 Å². The number of nitrogens with zero attached hydrogens (tertiary/aromatic N) is 1. The van der Waals surface area contributed by atoms with Gasteiger partial charge in [0.25, 0.3) is 5.56 Å². The van der Waals surface area contributed by atoms with Gasteiger partial charge in [-0.2, -0.15) is 0 Å². The van der Waals surface area contributed by atoms with E-state index in [-0.39, 0.29) is 11.1 Å². The number of halogens is 1. The first-order valence-electron chi connectivity index (χ1n) is 5.76. The first kappa shape index (κ1) is 12.8. The SMILES string of the molecule is NC1(COc2nc[nH]c(=O)c2I)CCCCC1. The number of aromatic nitrogens is 2. The molecule has 1 aliphatic carbocycles. The summed E-state index contributed by atoms with van der Waals surface area (Å²) in [7, 11) is 0. The molecular weight excluding hydrogens is 333 g/mol. The van der Waals surface area contributed by atoms with E-state index < -0.39 is 0 Å². The summed E-state index contributed by atoms with van der Waals surface area (Å²) < 4.78 is 6.07. The Hall–Kier alpha value is -0.630. The molecule has 17 heavy (non-hydrogen) atoms. The fourth-order valence-electron chi connectivity index (χ4n) is 2.08. The van der Waals surface area contributed by atoms with Gasteiger partial charge in [0.05, 0.1) is 11.9 Å². The van der Waals surface area contributed by atoms with E-state index in [0.717, 1.165) is 25.7 Å². The average Bonchev–Trinajstić information content (AvgIpc) is 2.32. The maximum absolute atomic E-state index is 11.4. The average molecular weight is 349 g/mol. The summed E-state index contributed by atoms with van der Waals surface area (Å²) in [5.74, 6) is 0.379. The summed E-state index contributed by atoms with van der Waals surface area (Å²) >= 11 is 1.93. The van der Waals surface area contributed by atoms with Gasteiger partial charge in [0.1, 0.15) is 10.2 Å². The standard InChI is InChI=1S/C11H16IN3O2/c12-8-9(16)14-7-15-10(8)17-6-11(13)4-2-1-3-5-11/h7H,1-6,13H2,(H,14,15,16). The molecule has 0 aromatic carbocycles. The Morgan fingerprint density at radius 3 is 2.88 bits per heavy atom. The molecule has 0 bridgehead atoms. The van der Waals surface area contributed by atoms with Gasteiger partial charge < -0.3 is 15.5 Å². The summed E-state index contributed by atoms with van der Waals surface area (Å²) in [5, 5.41) is 0. The molecule has 0 amide bonds. The molecule has 5 nitrogen and oxygen atoms in total. The molecule has 1 aromatic heterocycles. The molecule has 1 heterocycles. The van der Waals surface area contributed by atoms with Crippen LogP contribution >= 0.6 is 22.6 Å². The molecule has 1 aliphatic rings. The molecule has 3 N–H and O–H groups in total. The third kappa shape index (κ3) is 3.19. The maximum Gasteiger partial charge on any atom is 0.268 e. The molecule has 0 atom stereocenters. The van der Waals surface area contributed by atoms with Gasteiger partial charge in [0.15, 0.2) is 0 Å². The molecular formula is C11H16IN3O2. The lowest BCUT2D eigenvalue weighted by atomic mass is 9.83. The molecule has 0 aliphatic heterocycles. The van der Waals surface area contributed by atoms with Crippen LogP contribution < -0.4 is 16.0 Å². The normalized spacial score (nSPS) is 18.9. The van der Waals surface area contributed by atoms with Crippen molar-refractivity contribution >= 4 is 22.6 Å². The second kappa shape index (κ2) is 5.34. The van der Waals surface area contributed by atoms with E-state index in [0.29, 0.717) is 16.1 Å². The number of rotatable bonds is 3. The molecule has 0 saturated heterocycles. The molecule has 2 rings (SSSR count). The third-order valence-electron chi connectivity index (χ3n) is 3.11. The Morgan fingerprint density at radius 1 is 1.47 bits per heavy atom. The van der Waals surface area contributed by atoms with Gasteiger partial charge in [0, 0.05) is 0 Å². The molecule has 1 fully saturated rings. The minimum atomic E-state index is -0.258. The van der Waals surface area contributed by atoms with Gasteiger partial charge >= 0.3 is 0 Å². The highest BCUT2D eigenvalue weighted by Gasteiger charge is 2.28. The minimum absolute atomic E-state index is 0.176. The van der Waals surface area contributed by atoms with Crippen LogP contribution in [0.1, 0.15) is 32.1 Å². The Labute approximate surface area is 113 Å². The summed E-state index contributed by atoms with van der Waals surface area (Å²) in [4.78, 5) is 17.9. The van der Waals surface area contributed by atoms with Gasteiger partial charge in [-0.05, 0) is 35.4 Å². The van der Waals surface area contributed by atoms with Crippen molar-refractivity contribution in [2.75, 3.05) is 6.61 Å². The van der Waals surface area contributed by atoms with Crippen molar-refractivity contribution in [1.29, 1.82) is 0 Å². The Morgan fingerprint density at radius 2 is 2.18 bits per heavy atom. The molecule has 1 aromatic rings. The van der Waals surface area contributed by atoms with Crippen molar-refractivity contribution in [3.05, 3.63) is 20.3 Å². The maximum atomic E-state index is 11.4. The largest absolute Gasteiger partial charge is 0.475 e. The van der Waals surface area contributed by atoms with Crippen molar-refractivity contribution in [2.24, 2.45) is 5.73 Å². The van der Waals surface area contributed by atoms with E-state index in [9.17, 15) is 4.79 Å². The lowest BCUT2D eigenvalue weighted by Gasteiger charge is -2.32. The zero-order valence-corrected chi connectivity index (χ0v) is 11.7. The zero-order valence-electron chi connectivity index (χ0n) is 9.54. The molecule has 0 unspecified atom stereocenters. The molecule has 6 heteroatoms. The number of hydrogen-bond donors (Lipinski definition) is 2. The number of nitrogens with one attached hydrogen (secondary N) is 1. The van der Waals surface area contributed by atoms with Crippen LogP contribution in [0.5, 0.6) is 5.88 Å². The quantitative estimate of drug-likeness (QED) is 0.809. The highest BCUT2D eigenvalue weighted by Crippen LogP contribution is 2.26. The van der Waals surface area contributed by atoms with Crippen LogP contribution in [0.15, 0.2) is 11.1 Å². The second-order valence-electron chi connectivity index (χ2n) is 4.56. The van der Waals surface area contributed by atoms with Crippen LogP contribution in [0.2, 0.25) is 0 Å². The van der Waals surface area contributed by atoms with E-state index in [1.165, 1.54) is 12.7 Å². The van der Waals surface area contributed by atoms with Gasteiger partial charge in [-0.1, -0.05) is 19.3 Å². The topological polar surface area (TPSA) is 81.0 Å². The Balaban J connectivity index is 2.02. The van der Waals surface area contributed by atoms with Crippen LogP contribution in [-0.4, -0.2) is 22.1 Å². The van der Waals surface area contributed by atoms with Crippen molar-refractivity contribution in [3.63, 3.8) is 0 Å². The fourth-order valence-corrected chi connectivity index (χ4v) is 2.53. The van der Waals surface area contributed by atoms with Crippen LogP contribution in [0.3, 0.4) is 0 Å². The number of nitrogens with two attached hydrogens (primary N) is 1. The summed E-state index contributed by atoms with van der Waals surface area (Å²) in [6, 6.07) is 0. The monoisotopic (exact) mass is 349 g/mol. The summed E-state index contributed by atoms with van der Waals surface area (Å²) in [5.41, 5.74) is 5.82. The van der Waals surface area contributed by atoms with Crippen molar-refractivity contribution in [2.45, 2.75) is 37.6 Å². The third-order valence-corrected chi connectivity index (χ3v) is 4.06. The summed E-state index contributed by atoms with van der Waals surface area (Å²) in [6.07, 6.45) is 6.86. The Bertz CT molecular complexity index is 441. The van der Waals surface area contributed by atoms with E-state index >= 15 is 0 Å². The highest BCUT2D eigenvalue weighted by molar-refractivity contribution is 14.1. The predicted octanol–water partition coefficient (Wildman–Crippen LogP) is 1.41. The van der Waals surface area contributed by atoms with Crippen LogP contribution in [0.25, 0.3) is 0 Å². The lowest BCUT2D eigenvalue weighted by Crippen LogP contribution is -2.47. The van der Waals surface area contributed by atoms with Crippen LogP contribution in [0.4, 0.5) is 0 Å². The van der Waals surface area contributed by atoms with Crippen molar-refractivity contribution in [3.8, 4) is 5.88 Å². The number of ether oxygens (including phenoxy) is 1. The number of H-pyrrole nitrogens is 1. The van der Waals surface area contributed by atoms with E-state index in [1.54, 1.807) is 0 Å². The van der Waals surface area contributed by atoms with Crippen molar-refractivity contribution < 1.29 is 4.74 Å².